The minimum atomic E-state index is -0.911. The van der Waals surface area contributed by atoms with Crippen molar-refractivity contribution in [3.05, 3.63) is 29.6 Å². The van der Waals surface area contributed by atoms with E-state index < -0.39 is 17.8 Å². The molecule has 5 nitrogen and oxygen atoms in total. The van der Waals surface area contributed by atoms with Gasteiger partial charge in [0.2, 0.25) is 5.91 Å². The number of anilines is 1. The summed E-state index contributed by atoms with van der Waals surface area (Å²) in [5, 5.41) is 2.44. The molecule has 1 aliphatic carbocycles. The van der Waals surface area contributed by atoms with E-state index in [1.807, 2.05) is 0 Å². The van der Waals surface area contributed by atoms with Crippen molar-refractivity contribution in [2.45, 2.75) is 45.6 Å². The lowest BCUT2D eigenvalue weighted by atomic mass is 10.1. The lowest BCUT2D eigenvalue weighted by Gasteiger charge is -2.15. The lowest BCUT2D eigenvalue weighted by molar-refractivity contribution is -0.147. The first-order chi connectivity index (χ1) is 10.5. The monoisotopic (exact) mass is 308 g/mol. The lowest BCUT2D eigenvalue weighted by Crippen LogP contribution is -2.37. The molecule has 0 radical (unpaired) electrons. The number of hydrogen-bond donors (Lipinski definition) is 2. The van der Waals surface area contributed by atoms with Gasteiger partial charge >= 0.3 is 0 Å². The Morgan fingerprint density at radius 2 is 2.00 bits per heavy atom. The van der Waals surface area contributed by atoms with Gasteiger partial charge in [-0.15, -0.1) is 0 Å². The Bertz CT molecular complexity index is 556. The first kappa shape index (κ1) is 16.4. The normalized spacial score (nSPS) is 16.3. The van der Waals surface area contributed by atoms with Gasteiger partial charge in [0.05, 0.1) is 5.69 Å². The van der Waals surface area contributed by atoms with Crippen LogP contribution in [0.2, 0.25) is 0 Å². The molecule has 120 valence electrons. The van der Waals surface area contributed by atoms with E-state index in [9.17, 15) is 14.0 Å². The van der Waals surface area contributed by atoms with Crippen LogP contribution >= 0.6 is 0 Å². The predicted molar refractivity (Wildman–Crippen MR) is 80.4 cm³/mol. The number of nitrogens with one attached hydrogen (secondary N) is 2. The first-order valence-electron chi connectivity index (χ1n) is 7.50. The van der Waals surface area contributed by atoms with Gasteiger partial charge in [-0.1, -0.05) is 18.9 Å². The molecule has 0 heterocycles. The van der Waals surface area contributed by atoms with Crippen LogP contribution in [0.4, 0.5) is 10.1 Å². The van der Waals surface area contributed by atoms with Gasteiger partial charge in [-0.2, -0.15) is 0 Å². The van der Waals surface area contributed by atoms with Gasteiger partial charge in [0, 0.05) is 5.92 Å². The number of benzene rings is 1. The zero-order chi connectivity index (χ0) is 16.1. The molecule has 0 bridgehead atoms. The van der Waals surface area contributed by atoms with Crippen molar-refractivity contribution in [2.24, 2.45) is 5.92 Å². The number of rotatable bonds is 5. The Morgan fingerprint density at radius 1 is 1.32 bits per heavy atom. The average molecular weight is 308 g/mol. The third-order valence-corrected chi connectivity index (χ3v) is 3.81. The number of carbonyl (C=O) groups is 2. The van der Waals surface area contributed by atoms with Crippen molar-refractivity contribution >= 4 is 17.5 Å². The summed E-state index contributed by atoms with van der Waals surface area (Å²) >= 11 is 0. The third kappa shape index (κ3) is 4.27. The number of hydroxylamine groups is 1. The molecule has 1 aromatic carbocycles. The number of halogens is 1. The van der Waals surface area contributed by atoms with E-state index in [0.717, 1.165) is 31.2 Å². The summed E-state index contributed by atoms with van der Waals surface area (Å²) in [4.78, 5) is 28.8. The number of carbonyl (C=O) groups excluding carboxylic acids is 2. The van der Waals surface area contributed by atoms with Crippen molar-refractivity contribution < 1.29 is 18.8 Å². The molecule has 1 aliphatic rings. The highest BCUT2D eigenvalue weighted by Crippen LogP contribution is 2.24. The molecule has 2 amide bonds. The molecule has 22 heavy (non-hydrogen) atoms. The maximum atomic E-state index is 13.7. The highest BCUT2D eigenvalue weighted by Gasteiger charge is 2.24. The molecule has 0 spiro atoms. The minimum absolute atomic E-state index is 0.0372. The van der Waals surface area contributed by atoms with Crippen molar-refractivity contribution in [2.75, 3.05) is 5.32 Å². The second-order valence-corrected chi connectivity index (χ2v) is 5.68. The molecule has 1 unspecified atom stereocenters. The van der Waals surface area contributed by atoms with Crippen molar-refractivity contribution in [3.63, 3.8) is 0 Å². The van der Waals surface area contributed by atoms with Crippen LogP contribution < -0.4 is 10.8 Å². The molecule has 1 fully saturated rings. The highest BCUT2D eigenvalue weighted by molar-refractivity contribution is 5.94. The number of amides is 2. The molecule has 2 N–H and O–H groups in total. The maximum absolute atomic E-state index is 13.7. The number of hydrogen-bond acceptors (Lipinski definition) is 3. The second kappa shape index (κ2) is 7.35. The smallest absolute Gasteiger partial charge is 0.256 e. The zero-order valence-electron chi connectivity index (χ0n) is 12.8. The van der Waals surface area contributed by atoms with Gasteiger partial charge in [0.15, 0.2) is 6.10 Å². The Kier molecular flexibility index (Phi) is 5.49. The van der Waals surface area contributed by atoms with Crippen LogP contribution in [0.25, 0.3) is 0 Å². The third-order valence-electron chi connectivity index (χ3n) is 3.81. The summed E-state index contributed by atoms with van der Waals surface area (Å²) in [5.41, 5.74) is 3.18. The van der Waals surface area contributed by atoms with Crippen molar-refractivity contribution in [3.8, 4) is 0 Å². The molecule has 1 atom stereocenters. The van der Waals surface area contributed by atoms with E-state index in [2.05, 4.69) is 10.8 Å². The van der Waals surface area contributed by atoms with Gasteiger partial charge in [0.25, 0.3) is 5.91 Å². The van der Waals surface area contributed by atoms with Crippen LogP contribution in [0.1, 0.15) is 38.2 Å². The van der Waals surface area contributed by atoms with Gasteiger partial charge in [-0.25, -0.2) is 9.87 Å². The molecule has 0 aromatic heterocycles. The molecule has 0 aliphatic heterocycles. The van der Waals surface area contributed by atoms with Gasteiger partial charge in [-0.3, -0.25) is 14.4 Å². The quantitative estimate of drug-likeness (QED) is 0.822. The summed E-state index contributed by atoms with van der Waals surface area (Å²) in [5.74, 6) is -1.26. The topological polar surface area (TPSA) is 67.4 Å². The van der Waals surface area contributed by atoms with E-state index in [0.29, 0.717) is 0 Å². The summed E-state index contributed by atoms with van der Waals surface area (Å²) in [7, 11) is 0. The zero-order valence-corrected chi connectivity index (χ0v) is 12.8. The van der Waals surface area contributed by atoms with E-state index in [1.165, 1.54) is 19.1 Å². The second-order valence-electron chi connectivity index (χ2n) is 5.68. The van der Waals surface area contributed by atoms with Gasteiger partial charge in [0.1, 0.15) is 5.82 Å². The SMILES string of the molecule is Cc1ccc(NC(=O)C(C)ONC(=O)C2CCCC2)c(F)c1. The summed E-state index contributed by atoms with van der Waals surface area (Å²) < 4.78 is 13.7. The van der Waals surface area contributed by atoms with Crippen LogP contribution in [0, 0.1) is 18.7 Å². The average Bonchev–Trinajstić information content (AvgIpc) is 3.01. The van der Waals surface area contributed by atoms with E-state index in [-0.39, 0.29) is 17.5 Å². The predicted octanol–water partition coefficient (Wildman–Crippen LogP) is 2.70. The fourth-order valence-electron chi connectivity index (χ4n) is 2.43. The van der Waals surface area contributed by atoms with Gasteiger partial charge < -0.3 is 5.32 Å². The molecule has 0 saturated heterocycles. The molecule has 2 rings (SSSR count). The van der Waals surface area contributed by atoms with Crippen LogP contribution in [0.5, 0.6) is 0 Å². The van der Waals surface area contributed by atoms with E-state index >= 15 is 0 Å². The van der Waals surface area contributed by atoms with Crippen molar-refractivity contribution in [1.82, 2.24) is 5.48 Å². The molecule has 1 saturated carbocycles. The standard InChI is InChI=1S/C16H21FN2O3/c1-10-7-8-14(13(17)9-10)18-15(20)11(2)22-19-16(21)12-5-3-4-6-12/h7-9,11-12H,3-6H2,1-2H3,(H,18,20)(H,19,21). The van der Waals surface area contributed by atoms with E-state index in [4.69, 9.17) is 4.84 Å². The van der Waals surface area contributed by atoms with Crippen molar-refractivity contribution in [1.29, 1.82) is 0 Å². The number of aryl methyl sites for hydroxylation is 1. The van der Waals surface area contributed by atoms with Crippen LogP contribution in [0.15, 0.2) is 18.2 Å². The molecule has 1 aromatic rings. The first-order valence-corrected chi connectivity index (χ1v) is 7.50. The fourth-order valence-corrected chi connectivity index (χ4v) is 2.43. The van der Waals surface area contributed by atoms with Crippen LogP contribution in [-0.2, 0) is 14.4 Å². The Labute approximate surface area is 129 Å². The Morgan fingerprint density at radius 3 is 2.64 bits per heavy atom. The summed E-state index contributed by atoms with van der Waals surface area (Å²) in [6.45, 7) is 3.26. The fraction of sp³-hybridized carbons (Fsp3) is 0.500. The highest BCUT2D eigenvalue weighted by atomic mass is 19.1. The van der Waals surface area contributed by atoms with Crippen LogP contribution in [-0.4, -0.2) is 17.9 Å². The Hall–Kier alpha value is -1.95. The molecular weight excluding hydrogens is 287 g/mol. The largest absolute Gasteiger partial charge is 0.321 e. The summed E-state index contributed by atoms with van der Waals surface area (Å²) in [6, 6.07) is 4.53. The van der Waals surface area contributed by atoms with Gasteiger partial charge in [-0.05, 0) is 44.4 Å². The maximum Gasteiger partial charge on any atom is 0.256 e. The minimum Gasteiger partial charge on any atom is -0.321 e. The van der Waals surface area contributed by atoms with E-state index in [1.54, 1.807) is 13.0 Å². The van der Waals surface area contributed by atoms with Crippen LogP contribution in [0.3, 0.4) is 0 Å². The molecule has 6 heteroatoms. The summed E-state index contributed by atoms with van der Waals surface area (Å²) in [6.07, 6.45) is 2.88. The molecular formula is C16H21FN2O3. The Balaban J connectivity index is 1.82.